The second-order valence-electron chi connectivity index (χ2n) is 5.17. The highest BCUT2D eigenvalue weighted by molar-refractivity contribution is 5.81. The molecule has 1 aliphatic rings. The SMILES string of the molecule is COc1ccc(OCCN(C)C(=O)C2C=CC(N)C2)cc1. The molecule has 0 saturated carbocycles. The molecule has 1 aliphatic carbocycles. The molecule has 114 valence electrons. The van der Waals surface area contributed by atoms with E-state index >= 15 is 0 Å². The molecule has 5 heteroatoms. The summed E-state index contributed by atoms with van der Waals surface area (Å²) in [4.78, 5) is 13.9. The van der Waals surface area contributed by atoms with Gasteiger partial charge in [0.2, 0.25) is 5.91 Å². The first kappa shape index (κ1) is 15.4. The zero-order valence-electron chi connectivity index (χ0n) is 12.5. The van der Waals surface area contributed by atoms with Gasteiger partial charge < -0.3 is 20.1 Å². The van der Waals surface area contributed by atoms with Crippen LogP contribution in [0.3, 0.4) is 0 Å². The van der Waals surface area contributed by atoms with E-state index in [1.165, 1.54) is 0 Å². The van der Waals surface area contributed by atoms with Crippen LogP contribution in [-0.2, 0) is 4.79 Å². The van der Waals surface area contributed by atoms with Crippen LogP contribution < -0.4 is 15.2 Å². The van der Waals surface area contributed by atoms with Gasteiger partial charge in [0.25, 0.3) is 0 Å². The molecule has 0 heterocycles. The topological polar surface area (TPSA) is 64.8 Å². The van der Waals surface area contributed by atoms with Crippen LogP contribution in [0.25, 0.3) is 0 Å². The molecule has 1 aromatic rings. The van der Waals surface area contributed by atoms with Crippen molar-refractivity contribution in [3.05, 3.63) is 36.4 Å². The second-order valence-corrected chi connectivity index (χ2v) is 5.17. The van der Waals surface area contributed by atoms with Crippen LogP contribution in [0, 0.1) is 5.92 Å². The van der Waals surface area contributed by atoms with Gasteiger partial charge in [-0.15, -0.1) is 0 Å². The molecule has 2 rings (SSSR count). The van der Waals surface area contributed by atoms with Gasteiger partial charge in [0.1, 0.15) is 18.1 Å². The Morgan fingerprint density at radius 3 is 2.52 bits per heavy atom. The van der Waals surface area contributed by atoms with Crippen molar-refractivity contribution in [1.29, 1.82) is 0 Å². The Hall–Kier alpha value is -2.01. The van der Waals surface area contributed by atoms with E-state index in [2.05, 4.69) is 0 Å². The van der Waals surface area contributed by atoms with E-state index in [1.54, 1.807) is 19.1 Å². The standard InChI is InChI=1S/C16H22N2O3/c1-18(16(19)12-3-4-13(17)11-12)9-10-21-15-7-5-14(20-2)6-8-15/h3-8,12-13H,9-11,17H2,1-2H3. The Bertz CT molecular complexity index is 499. The summed E-state index contributed by atoms with van der Waals surface area (Å²) >= 11 is 0. The van der Waals surface area contributed by atoms with Gasteiger partial charge in [-0.2, -0.15) is 0 Å². The van der Waals surface area contributed by atoms with Gasteiger partial charge in [-0.3, -0.25) is 4.79 Å². The fourth-order valence-corrected chi connectivity index (χ4v) is 2.28. The first-order valence-corrected chi connectivity index (χ1v) is 7.06. The predicted molar refractivity (Wildman–Crippen MR) is 81.3 cm³/mol. The van der Waals surface area contributed by atoms with Crippen molar-refractivity contribution < 1.29 is 14.3 Å². The molecule has 1 amide bonds. The number of benzene rings is 1. The quantitative estimate of drug-likeness (QED) is 0.805. The molecule has 2 atom stereocenters. The summed E-state index contributed by atoms with van der Waals surface area (Å²) in [6.45, 7) is 1.00. The number of methoxy groups -OCH3 is 1. The highest BCUT2D eigenvalue weighted by Gasteiger charge is 2.25. The molecule has 2 unspecified atom stereocenters. The summed E-state index contributed by atoms with van der Waals surface area (Å²) in [7, 11) is 3.41. The maximum atomic E-state index is 12.2. The molecule has 21 heavy (non-hydrogen) atoms. The maximum Gasteiger partial charge on any atom is 0.229 e. The lowest BCUT2D eigenvalue weighted by atomic mass is 10.1. The molecule has 0 saturated heterocycles. The van der Waals surface area contributed by atoms with Crippen LogP contribution in [0.1, 0.15) is 6.42 Å². The molecule has 1 aromatic carbocycles. The molecule has 0 fully saturated rings. The van der Waals surface area contributed by atoms with Crippen LogP contribution >= 0.6 is 0 Å². The average Bonchev–Trinajstić information content (AvgIpc) is 2.93. The Morgan fingerprint density at radius 2 is 1.95 bits per heavy atom. The number of hydrogen-bond donors (Lipinski definition) is 1. The van der Waals surface area contributed by atoms with E-state index in [-0.39, 0.29) is 17.9 Å². The Balaban J connectivity index is 1.74. The molecule has 0 radical (unpaired) electrons. The van der Waals surface area contributed by atoms with Crippen molar-refractivity contribution in [3.63, 3.8) is 0 Å². The zero-order chi connectivity index (χ0) is 15.2. The number of likely N-dealkylation sites (N-methyl/N-ethyl adjacent to an activating group) is 1. The van der Waals surface area contributed by atoms with Gasteiger partial charge in [-0.1, -0.05) is 12.2 Å². The molecular weight excluding hydrogens is 268 g/mol. The molecule has 0 bridgehead atoms. The van der Waals surface area contributed by atoms with E-state index in [0.717, 1.165) is 11.5 Å². The molecular formula is C16H22N2O3. The van der Waals surface area contributed by atoms with Crippen LogP contribution in [0.15, 0.2) is 36.4 Å². The minimum Gasteiger partial charge on any atom is -0.497 e. The fraction of sp³-hybridized carbons (Fsp3) is 0.438. The number of nitrogens with two attached hydrogens (primary N) is 1. The Labute approximate surface area is 125 Å². The smallest absolute Gasteiger partial charge is 0.229 e. The van der Waals surface area contributed by atoms with E-state index < -0.39 is 0 Å². The Kier molecular flexibility index (Phi) is 5.22. The minimum absolute atomic E-state index is 0.00268. The largest absolute Gasteiger partial charge is 0.497 e. The van der Waals surface area contributed by atoms with Crippen molar-refractivity contribution in [2.24, 2.45) is 11.7 Å². The maximum absolute atomic E-state index is 12.2. The summed E-state index contributed by atoms with van der Waals surface area (Å²) in [6, 6.07) is 7.38. The van der Waals surface area contributed by atoms with Crippen LogP contribution in [-0.4, -0.2) is 44.2 Å². The fourth-order valence-electron chi connectivity index (χ4n) is 2.28. The number of nitrogens with zero attached hydrogens (tertiary/aromatic N) is 1. The predicted octanol–water partition coefficient (Wildman–Crippen LogP) is 1.44. The van der Waals surface area contributed by atoms with Gasteiger partial charge in [-0.05, 0) is 30.7 Å². The minimum atomic E-state index is -0.0917. The molecule has 0 aliphatic heterocycles. The first-order valence-electron chi connectivity index (χ1n) is 7.06. The van der Waals surface area contributed by atoms with Gasteiger partial charge in [0, 0.05) is 13.1 Å². The molecule has 5 nitrogen and oxygen atoms in total. The normalized spacial score (nSPS) is 20.3. The number of hydrogen-bond acceptors (Lipinski definition) is 4. The number of carbonyl (C=O) groups is 1. The van der Waals surface area contributed by atoms with Crippen molar-refractivity contribution in [2.45, 2.75) is 12.5 Å². The van der Waals surface area contributed by atoms with Gasteiger partial charge in [0.05, 0.1) is 19.6 Å². The van der Waals surface area contributed by atoms with Gasteiger partial charge in [-0.25, -0.2) is 0 Å². The lowest BCUT2D eigenvalue weighted by molar-refractivity contribution is -0.133. The zero-order valence-corrected chi connectivity index (χ0v) is 12.5. The van der Waals surface area contributed by atoms with Crippen molar-refractivity contribution in [2.75, 3.05) is 27.3 Å². The summed E-state index contributed by atoms with van der Waals surface area (Å²) < 4.78 is 10.7. The third-order valence-corrected chi connectivity index (χ3v) is 3.56. The van der Waals surface area contributed by atoms with Crippen LogP contribution in [0.5, 0.6) is 11.5 Å². The van der Waals surface area contributed by atoms with E-state index in [4.69, 9.17) is 15.2 Å². The number of ether oxygens (including phenoxy) is 2. The highest BCUT2D eigenvalue weighted by atomic mass is 16.5. The van der Waals surface area contributed by atoms with E-state index in [9.17, 15) is 4.79 Å². The number of rotatable bonds is 6. The molecule has 2 N–H and O–H groups in total. The number of amides is 1. The van der Waals surface area contributed by atoms with Crippen molar-refractivity contribution in [3.8, 4) is 11.5 Å². The summed E-state index contributed by atoms with van der Waals surface area (Å²) in [5.41, 5.74) is 5.77. The third-order valence-electron chi connectivity index (χ3n) is 3.56. The monoisotopic (exact) mass is 290 g/mol. The average molecular weight is 290 g/mol. The lowest BCUT2D eigenvalue weighted by Gasteiger charge is -2.20. The van der Waals surface area contributed by atoms with Crippen LogP contribution in [0.4, 0.5) is 0 Å². The van der Waals surface area contributed by atoms with Gasteiger partial charge >= 0.3 is 0 Å². The second kappa shape index (κ2) is 7.13. The van der Waals surface area contributed by atoms with Crippen molar-refractivity contribution in [1.82, 2.24) is 4.90 Å². The van der Waals surface area contributed by atoms with Gasteiger partial charge in [0.15, 0.2) is 0 Å². The Morgan fingerprint density at radius 1 is 1.29 bits per heavy atom. The first-order chi connectivity index (χ1) is 10.1. The van der Waals surface area contributed by atoms with E-state index in [1.807, 2.05) is 36.4 Å². The molecule has 0 spiro atoms. The van der Waals surface area contributed by atoms with Crippen LogP contribution in [0.2, 0.25) is 0 Å². The lowest BCUT2D eigenvalue weighted by Crippen LogP contribution is -2.35. The molecule has 0 aromatic heterocycles. The summed E-state index contributed by atoms with van der Waals surface area (Å²) in [5.74, 6) is 1.56. The highest BCUT2D eigenvalue weighted by Crippen LogP contribution is 2.19. The summed E-state index contributed by atoms with van der Waals surface area (Å²) in [5, 5.41) is 0. The van der Waals surface area contributed by atoms with Crippen molar-refractivity contribution >= 4 is 5.91 Å². The van der Waals surface area contributed by atoms with E-state index in [0.29, 0.717) is 19.6 Å². The summed E-state index contributed by atoms with van der Waals surface area (Å²) in [6.07, 6.45) is 4.49. The number of carbonyl (C=O) groups excluding carboxylic acids is 1. The third kappa shape index (κ3) is 4.23.